The first-order valence-electron chi connectivity index (χ1n) is 8.49. The number of nitrogens with zero attached hydrogens (tertiary/aromatic N) is 3. The van der Waals surface area contributed by atoms with Crippen molar-refractivity contribution in [1.29, 1.82) is 0 Å². The van der Waals surface area contributed by atoms with E-state index in [0.29, 0.717) is 25.5 Å². The molecule has 0 spiro atoms. The highest BCUT2D eigenvalue weighted by Gasteiger charge is 2.30. The van der Waals surface area contributed by atoms with Gasteiger partial charge < -0.3 is 19.5 Å². The summed E-state index contributed by atoms with van der Waals surface area (Å²) in [5, 5.41) is 13.3. The molecule has 1 atom stereocenters. The van der Waals surface area contributed by atoms with Crippen molar-refractivity contribution < 1.29 is 24.2 Å². The second kappa shape index (κ2) is 8.01. The highest BCUT2D eigenvalue weighted by Crippen LogP contribution is 2.23. The Balaban J connectivity index is 1.83. The summed E-state index contributed by atoms with van der Waals surface area (Å²) >= 11 is 0. The van der Waals surface area contributed by atoms with Crippen molar-refractivity contribution in [2.24, 2.45) is 0 Å². The maximum Gasteiger partial charge on any atom is 0.306 e. The summed E-state index contributed by atoms with van der Waals surface area (Å²) in [5.41, 5.74) is 1.03. The molecule has 1 amide bonds. The summed E-state index contributed by atoms with van der Waals surface area (Å²) in [4.78, 5) is 25.4. The Kier molecular flexibility index (Phi) is 5.52. The molecule has 1 saturated heterocycles. The van der Waals surface area contributed by atoms with Gasteiger partial charge in [-0.2, -0.15) is 5.10 Å². The average Bonchev–Trinajstić information content (AvgIpc) is 3.06. The lowest BCUT2D eigenvalue weighted by Crippen LogP contribution is -2.46. The van der Waals surface area contributed by atoms with Crippen LogP contribution in [0.5, 0.6) is 5.75 Å². The molecule has 2 aromatic rings. The zero-order chi connectivity index (χ0) is 18.5. The van der Waals surface area contributed by atoms with E-state index in [1.54, 1.807) is 15.8 Å². The number of morpholine rings is 1. The van der Waals surface area contributed by atoms with E-state index < -0.39 is 12.1 Å². The number of carbonyl (C=O) groups is 2. The van der Waals surface area contributed by atoms with Gasteiger partial charge in [-0.1, -0.05) is 18.2 Å². The second-order valence-electron chi connectivity index (χ2n) is 5.90. The highest BCUT2D eigenvalue weighted by atomic mass is 16.5. The van der Waals surface area contributed by atoms with Gasteiger partial charge in [-0.25, -0.2) is 4.68 Å². The van der Waals surface area contributed by atoms with Gasteiger partial charge in [-0.15, -0.1) is 0 Å². The van der Waals surface area contributed by atoms with E-state index in [9.17, 15) is 9.59 Å². The van der Waals surface area contributed by atoms with Gasteiger partial charge in [0.05, 0.1) is 37.6 Å². The standard InChI is InChI=1S/C18H21N3O5/c1-2-25-15-12-21(13-6-4-3-5-7-13)19-17(15)18(24)20-8-9-26-14(11-20)10-16(22)23/h3-7,12,14H,2,8-11H2,1H3,(H,22,23)/t14-/m0/s1. The molecule has 1 aliphatic rings. The monoisotopic (exact) mass is 359 g/mol. The third-order valence-corrected chi connectivity index (χ3v) is 4.03. The fourth-order valence-corrected chi connectivity index (χ4v) is 2.85. The van der Waals surface area contributed by atoms with Crippen LogP contribution < -0.4 is 4.74 Å². The lowest BCUT2D eigenvalue weighted by Gasteiger charge is -2.31. The number of hydrogen-bond donors (Lipinski definition) is 1. The number of para-hydroxylation sites is 1. The van der Waals surface area contributed by atoms with Crippen molar-refractivity contribution in [1.82, 2.24) is 14.7 Å². The van der Waals surface area contributed by atoms with Gasteiger partial charge in [0.1, 0.15) is 0 Å². The molecule has 1 aliphatic heterocycles. The molecule has 2 heterocycles. The van der Waals surface area contributed by atoms with Gasteiger partial charge in [-0.05, 0) is 19.1 Å². The molecule has 0 radical (unpaired) electrons. The summed E-state index contributed by atoms with van der Waals surface area (Å²) in [6, 6.07) is 9.44. The lowest BCUT2D eigenvalue weighted by atomic mass is 10.2. The SMILES string of the molecule is CCOc1cn(-c2ccccc2)nc1C(=O)N1CCO[C@@H](CC(=O)O)C1. The Bertz CT molecular complexity index is 774. The first kappa shape index (κ1) is 17.9. The van der Waals surface area contributed by atoms with E-state index in [1.165, 1.54) is 0 Å². The number of aliphatic carboxylic acids is 1. The molecule has 1 N–H and O–H groups in total. The minimum absolute atomic E-state index is 0.138. The maximum absolute atomic E-state index is 12.9. The number of carboxylic acid groups (broad SMARTS) is 1. The first-order valence-corrected chi connectivity index (χ1v) is 8.49. The molecule has 138 valence electrons. The fourth-order valence-electron chi connectivity index (χ4n) is 2.85. The van der Waals surface area contributed by atoms with Crippen LogP contribution in [0, 0.1) is 0 Å². The molecule has 0 unspecified atom stereocenters. The van der Waals surface area contributed by atoms with Gasteiger partial charge in [0.2, 0.25) is 0 Å². The number of carbonyl (C=O) groups excluding carboxylic acids is 1. The van der Waals surface area contributed by atoms with Crippen molar-refractivity contribution in [2.45, 2.75) is 19.4 Å². The fraction of sp³-hybridized carbons (Fsp3) is 0.389. The van der Waals surface area contributed by atoms with Crippen LogP contribution in [0.15, 0.2) is 36.5 Å². The predicted octanol–water partition coefficient (Wildman–Crippen LogP) is 1.59. The van der Waals surface area contributed by atoms with Crippen LogP contribution in [-0.4, -0.2) is 64.1 Å². The molecule has 8 heteroatoms. The largest absolute Gasteiger partial charge is 0.490 e. The van der Waals surface area contributed by atoms with E-state index in [-0.39, 0.29) is 24.6 Å². The molecule has 1 aromatic heterocycles. The Labute approximate surface area is 150 Å². The molecule has 8 nitrogen and oxygen atoms in total. The molecule has 0 aliphatic carbocycles. The third-order valence-electron chi connectivity index (χ3n) is 4.03. The topological polar surface area (TPSA) is 93.9 Å². The molecule has 0 bridgehead atoms. The molecule has 26 heavy (non-hydrogen) atoms. The normalized spacial score (nSPS) is 17.1. The van der Waals surface area contributed by atoms with Crippen molar-refractivity contribution in [2.75, 3.05) is 26.3 Å². The Hall–Kier alpha value is -2.87. The van der Waals surface area contributed by atoms with Crippen LogP contribution in [0.4, 0.5) is 0 Å². The molecule has 3 rings (SSSR count). The summed E-state index contributed by atoms with van der Waals surface area (Å²) in [6.07, 6.45) is 1.03. The van der Waals surface area contributed by atoms with Crippen molar-refractivity contribution >= 4 is 11.9 Å². The second-order valence-corrected chi connectivity index (χ2v) is 5.90. The zero-order valence-corrected chi connectivity index (χ0v) is 14.5. The van der Waals surface area contributed by atoms with Gasteiger partial charge >= 0.3 is 5.97 Å². The minimum atomic E-state index is -0.951. The molecule has 0 saturated carbocycles. The number of hydrogen-bond acceptors (Lipinski definition) is 5. The van der Waals surface area contributed by atoms with Crippen LogP contribution in [0.25, 0.3) is 5.69 Å². The van der Waals surface area contributed by atoms with Crippen LogP contribution in [0.2, 0.25) is 0 Å². The number of carboxylic acids is 1. The van der Waals surface area contributed by atoms with Crippen molar-refractivity contribution in [3.05, 3.63) is 42.2 Å². The van der Waals surface area contributed by atoms with Gasteiger partial charge in [0.15, 0.2) is 11.4 Å². The molecule has 1 fully saturated rings. The van der Waals surface area contributed by atoms with Gasteiger partial charge in [0.25, 0.3) is 5.91 Å². The number of aromatic nitrogens is 2. The van der Waals surface area contributed by atoms with E-state index in [1.807, 2.05) is 37.3 Å². The summed E-state index contributed by atoms with van der Waals surface area (Å²) in [7, 11) is 0. The van der Waals surface area contributed by atoms with Gasteiger partial charge in [-0.3, -0.25) is 9.59 Å². The third kappa shape index (κ3) is 4.02. The van der Waals surface area contributed by atoms with Crippen molar-refractivity contribution in [3.63, 3.8) is 0 Å². The molecule has 1 aromatic carbocycles. The number of ether oxygens (including phenoxy) is 2. The first-order chi connectivity index (χ1) is 12.6. The quantitative estimate of drug-likeness (QED) is 0.842. The number of benzene rings is 1. The van der Waals surface area contributed by atoms with E-state index >= 15 is 0 Å². The zero-order valence-electron chi connectivity index (χ0n) is 14.5. The number of rotatable bonds is 6. The van der Waals surface area contributed by atoms with Crippen LogP contribution in [-0.2, 0) is 9.53 Å². The summed E-state index contributed by atoms with van der Waals surface area (Å²) < 4.78 is 12.6. The minimum Gasteiger partial charge on any atom is -0.490 e. The lowest BCUT2D eigenvalue weighted by molar-refractivity contribution is -0.141. The smallest absolute Gasteiger partial charge is 0.306 e. The van der Waals surface area contributed by atoms with Gasteiger partial charge in [0, 0.05) is 13.1 Å². The van der Waals surface area contributed by atoms with Crippen LogP contribution in [0.3, 0.4) is 0 Å². The predicted molar refractivity (Wildman–Crippen MR) is 92.6 cm³/mol. The van der Waals surface area contributed by atoms with E-state index in [2.05, 4.69) is 5.10 Å². The average molecular weight is 359 g/mol. The van der Waals surface area contributed by atoms with Crippen LogP contribution >= 0.6 is 0 Å². The maximum atomic E-state index is 12.9. The molecular weight excluding hydrogens is 338 g/mol. The number of amides is 1. The summed E-state index contributed by atoms with van der Waals surface area (Å²) in [5.74, 6) is -0.836. The van der Waals surface area contributed by atoms with E-state index in [0.717, 1.165) is 5.69 Å². The molecular formula is C18H21N3O5. The Morgan fingerprint density at radius 2 is 2.12 bits per heavy atom. The highest BCUT2D eigenvalue weighted by molar-refractivity contribution is 5.95. The van der Waals surface area contributed by atoms with Crippen LogP contribution in [0.1, 0.15) is 23.8 Å². The Morgan fingerprint density at radius 3 is 2.81 bits per heavy atom. The van der Waals surface area contributed by atoms with Crippen molar-refractivity contribution in [3.8, 4) is 11.4 Å². The van der Waals surface area contributed by atoms with E-state index in [4.69, 9.17) is 14.6 Å². The summed E-state index contributed by atoms with van der Waals surface area (Å²) in [6.45, 7) is 3.15. The Morgan fingerprint density at radius 1 is 1.35 bits per heavy atom.